The Labute approximate surface area is 165 Å². The number of nitrogens with zero attached hydrogens (tertiary/aromatic N) is 1. The van der Waals surface area contributed by atoms with Crippen LogP contribution in [0.15, 0.2) is 12.1 Å². The number of alkyl halides is 6. The Hall–Kier alpha value is -1.77. The van der Waals surface area contributed by atoms with Crippen molar-refractivity contribution in [1.82, 2.24) is 10.2 Å². The summed E-state index contributed by atoms with van der Waals surface area (Å²) in [5, 5.41) is 2.71. The van der Waals surface area contributed by atoms with Gasteiger partial charge in [0.15, 0.2) is 0 Å². The number of carbonyl (C=O) groups is 1. The third-order valence-corrected chi connectivity index (χ3v) is 5.85. The fourth-order valence-corrected chi connectivity index (χ4v) is 4.51. The molecule has 2 fully saturated rings. The van der Waals surface area contributed by atoms with Crippen molar-refractivity contribution in [3.63, 3.8) is 0 Å². The number of nitrogens with one attached hydrogen (secondary N) is 1. The predicted molar refractivity (Wildman–Crippen MR) is 95.5 cm³/mol. The number of likely N-dealkylation sites (tertiary alicyclic amines) is 1. The predicted octanol–water partition coefficient (Wildman–Crippen LogP) is 5.17. The summed E-state index contributed by atoms with van der Waals surface area (Å²) in [4.78, 5) is 15.1. The van der Waals surface area contributed by atoms with Crippen molar-refractivity contribution < 1.29 is 31.1 Å². The van der Waals surface area contributed by atoms with Gasteiger partial charge in [-0.25, -0.2) is 0 Å². The molecule has 1 amide bonds. The number of halogens is 6. The summed E-state index contributed by atoms with van der Waals surface area (Å²) in [5.74, 6) is -0.959. The third-order valence-electron chi connectivity index (χ3n) is 5.85. The maximum atomic E-state index is 13.5. The SMILES string of the molecule is Cc1cc(C(F)(F)F)cc(C(F)(F)F)c1C(=O)NC1CCCCC1N1CCCC1. The highest BCUT2D eigenvalue weighted by Crippen LogP contribution is 2.39. The number of aryl methyl sites for hydroxylation is 1. The molecule has 3 rings (SSSR count). The zero-order valence-electron chi connectivity index (χ0n) is 16.1. The van der Waals surface area contributed by atoms with E-state index in [1.165, 1.54) is 0 Å². The summed E-state index contributed by atoms with van der Waals surface area (Å²) in [6.45, 7) is 2.90. The Morgan fingerprint density at radius 2 is 1.59 bits per heavy atom. The van der Waals surface area contributed by atoms with Gasteiger partial charge in [0.2, 0.25) is 0 Å². The summed E-state index contributed by atoms with van der Waals surface area (Å²) in [6.07, 6.45) is -4.56. The average molecular weight is 422 g/mol. The fraction of sp³-hybridized carbons (Fsp3) is 0.650. The smallest absolute Gasteiger partial charge is 0.348 e. The normalized spacial score (nSPS) is 24.0. The highest BCUT2D eigenvalue weighted by molar-refractivity contribution is 5.97. The Morgan fingerprint density at radius 1 is 0.966 bits per heavy atom. The quantitative estimate of drug-likeness (QED) is 0.682. The number of hydrogen-bond acceptors (Lipinski definition) is 2. The van der Waals surface area contributed by atoms with Gasteiger partial charge in [-0.05, 0) is 63.4 Å². The minimum atomic E-state index is -5.07. The van der Waals surface area contributed by atoms with Crippen LogP contribution in [-0.2, 0) is 12.4 Å². The summed E-state index contributed by atoms with van der Waals surface area (Å²) in [6, 6.07) is 0.375. The molecule has 3 nitrogen and oxygen atoms in total. The lowest BCUT2D eigenvalue weighted by Gasteiger charge is -2.38. The van der Waals surface area contributed by atoms with Crippen molar-refractivity contribution in [1.29, 1.82) is 0 Å². The van der Waals surface area contributed by atoms with E-state index in [2.05, 4.69) is 10.2 Å². The average Bonchev–Trinajstić information content (AvgIpc) is 3.14. The molecule has 162 valence electrons. The first-order valence-corrected chi connectivity index (χ1v) is 9.82. The molecule has 1 aliphatic carbocycles. The summed E-state index contributed by atoms with van der Waals surface area (Å²) in [7, 11) is 0. The lowest BCUT2D eigenvalue weighted by molar-refractivity contribution is -0.143. The van der Waals surface area contributed by atoms with Gasteiger partial charge in [-0.2, -0.15) is 26.3 Å². The van der Waals surface area contributed by atoms with Gasteiger partial charge in [-0.15, -0.1) is 0 Å². The molecular formula is C20H24F6N2O. The van der Waals surface area contributed by atoms with E-state index < -0.39 is 35.0 Å². The van der Waals surface area contributed by atoms with E-state index in [0.29, 0.717) is 12.5 Å². The van der Waals surface area contributed by atoms with Crippen molar-refractivity contribution in [2.45, 2.75) is 69.9 Å². The molecular weight excluding hydrogens is 398 g/mol. The largest absolute Gasteiger partial charge is 0.417 e. The van der Waals surface area contributed by atoms with Crippen molar-refractivity contribution >= 4 is 5.91 Å². The van der Waals surface area contributed by atoms with Gasteiger partial charge >= 0.3 is 12.4 Å². The molecule has 1 saturated carbocycles. The third kappa shape index (κ3) is 4.87. The molecule has 2 aliphatic rings. The maximum Gasteiger partial charge on any atom is 0.417 e. The maximum absolute atomic E-state index is 13.5. The second kappa shape index (κ2) is 8.16. The number of hydrogen-bond donors (Lipinski definition) is 1. The number of carbonyl (C=O) groups excluding carboxylic acids is 1. The molecule has 0 aromatic heterocycles. The topological polar surface area (TPSA) is 32.3 Å². The molecule has 1 saturated heterocycles. The molecule has 1 N–H and O–H groups in total. The first kappa shape index (κ1) is 21.9. The molecule has 0 spiro atoms. The zero-order valence-corrected chi connectivity index (χ0v) is 16.1. The molecule has 2 atom stereocenters. The van der Waals surface area contributed by atoms with Crippen LogP contribution in [0.4, 0.5) is 26.3 Å². The van der Waals surface area contributed by atoms with E-state index in [4.69, 9.17) is 0 Å². The lowest BCUT2D eigenvalue weighted by atomic mass is 9.88. The fourth-order valence-electron chi connectivity index (χ4n) is 4.51. The first-order valence-electron chi connectivity index (χ1n) is 9.82. The van der Waals surface area contributed by atoms with Crippen LogP contribution in [0.1, 0.15) is 65.6 Å². The molecule has 9 heteroatoms. The van der Waals surface area contributed by atoms with E-state index in [1.54, 1.807) is 0 Å². The van der Waals surface area contributed by atoms with Crippen molar-refractivity contribution in [3.05, 3.63) is 34.4 Å². The number of benzene rings is 1. The summed E-state index contributed by atoms with van der Waals surface area (Å²) < 4.78 is 79.5. The van der Waals surface area contributed by atoms with Crippen molar-refractivity contribution in [2.24, 2.45) is 0 Å². The van der Waals surface area contributed by atoms with Crippen molar-refractivity contribution in [3.8, 4) is 0 Å². The van der Waals surface area contributed by atoms with Crippen molar-refractivity contribution in [2.75, 3.05) is 13.1 Å². The molecule has 29 heavy (non-hydrogen) atoms. The van der Waals surface area contributed by atoms with Gasteiger partial charge in [0.05, 0.1) is 16.7 Å². The molecule has 1 aromatic carbocycles. The van der Waals surface area contributed by atoms with E-state index in [0.717, 1.165) is 52.1 Å². The lowest BCUT2D eigenvalue weighted by Crippen LogP contribution is -2.52. The second-order valence-corrected chi connectivity index (χ2v) is 7.89. The first-order chi connectivity index (χ1) is 13.5. The molecule has 0 radical (unpaired) electrons. The van der Waals surface area contributed by atoms with E-state index in [1.807, 2.05) is 0 Å². The summed E-state index contributed by atoms with van der Waals surface area (Å²) in [5.41, 5.74) is -4.02. The standard InChI is InChI=1S/C20H24F6N2O/c1-12-10-13(19(21,22)23)11-14(20(24,25)26)17(12)18(29)27-15-6-2-3-7-16(15)28-8-4-5-9-28/h10-11,15-16H,2-9H2,1H3,(H,27,29). The Morgan fingerprint density at radius 3 is 2.17 bits per heavy atom. The zero-order chi connectivity index (χ0) is 21.4. The van der Waals surface area contributed by atoms with Crippen LogP contribution in [0.5, 0.6) is 0 Å². The minimum Gasteiger partial charge on any atom is -0.348 e. The minimum absolute atomic E-state index is 0.0285. The van der Waals surface area contributed by atoms with Crippen LogP contribution < -0.4 is 5.32 Å². The monoisotopic (exact) mass is 422 g/mol. The molecule has 1 heterocycles. The van der Waals surface area contributed by atoms with Crippen LogP contribution in [0.3, 0.4) is 0 Å². The van der Waals surface area contributed by atoms with Gasteiger partial charge in [-0.3, -0.25) is 9.69 Å². The van der Waals surface area contributed by atoms with Gasteiger partial charge in [0.1, 0.15) is 0 Å². The van der Waals surface area contributed by atoms with Crippen LogP contribution >= 0.6 is 0 Å². The van der Waals surface area contributed by atoms with Crippen LogP contribution in [-0.4, -0.2) is 36.0 Å². The van der Waals surface area contributed by atoms with Crippen LogP contribution in [0, 0.1) is 6.92 Å². The van der Waals surface area contributed by atoms with Gasteiger partial charge in [0, 0.05) is 12.1 Å². The van der Waals surface area contributed by atoms with Gasteiger partial charge in [0.25, 0.3) is 5.91 Å². The van der Waals surface area contributed by atoms with E-state index in [-0.39, 0.29) is 23.7 Å². The number of rotatable bonds is 3. The van der Waals surface area contributed by atoms with Gasteiger partial charge in [-0.1, -0.05) is 12.8 Å². The van der Waals surface area contributed by atoms with E-state index in [9.17, 15) is 31.1 Å². The Bertz CT molecular complexity index is 753. The highest BCUT2D eigenvalue weighted by Gasteiger charge is 2.41. The Balaban J connectivity index is 1.91. The Kier molecular flexibility index (Phi) is 6.17. The van der Waals surface area contributed by atoms with Crippen LogP contribution in [0.2, 0.25) is 0 Å². The molecule has 1 aromatic rings. The number of amides is 1. The summed E-state index contributed by atoms with van der Waals surface area (Å²) >= 11 is 0. The van der Waals surface area contributed by atoms with Gasteiger partial charge < -0.3 is 5.32 Å². The second-order valence-electron chi connectivity index (χ2n) is 7.89. The molecule has 0 bridgehead atoms. The molecule has 1 aliphatic heterocycles. The van der Waals surface area contributed by atoms with Crippen LogP contribution in [0.25, 0.3) is 0 Å². The molecule has 2 unspecified atom stereocenters. The van der Waals surface area contributed by atoms with E-state index >= 15 is 0 Å². The highest BCUT2D eigenvalue weighted by atomic mass is 19.4.